The van der Waals surface area contributed by atoms with Crippen LogP contribution < -0.4 is 0 Å². The predicted octanol–water partition coefficient (Wildman–Crippen LogP) is -4.42. The van der Waals surface area contributed by atoms with Crippen LogP contribution in [0.2, 0.25) is 0 Å². The number of aliphatic hydroxyl groups excluding tert-OH is 7. The third-order valence-electron chi connectivity index (χ3n) is 3.91. The zero-order chi connectivity index (χ0) is 17.3. The van der Waals surface area contributed by atoms with Crippen molar-refractivity contribution in [1.29, 1.82) is 0 Å². The molecule has 7 N–H and O–H groups in total. The molecular formula is C12H21FO10. The first-order chi connectivity index (χ1) is 10.8. The highest BCUT2D eigenvalue weighted by molar-refractivity contribution is 4.91. The third-order valence-corrected chi connectivity index (χ3v) is 3.91. The Hall–Kier alpha value is -0.470. The predicted molar refractivity (Wildman–Crippen MR) is 67.5 cm³/mol. The normalized spacial score (nSPS) is 51.7. The molecule has 2 aliphatic rings. The van der Waals surface area contributed by atoms with E-state index in [0.29, 0.717) is 0 Å². The van der Waals surface area contributed by atoms with Gasteiger partial charge in [-0.25, -0.2) is 4.39 Å². The molecule has 0 bridgehead atoms. The molecule has 2 aliphatic heterocycles. The van der Waals surface area contributed by atoms with Crippen LogP contribution in [0.15, 0.2) is 0 Å². The standard InChI is InChI=1S/C12H21FO10/c13-5-6(15)3(1-14)23-12(8(5)17)21-2-4-7(16)9(18)10(19)11(20)22-4/h3-12,14-20H,1-2H2/t3-,4-,5+,6+,7+,8-,9+,10-,11-,12-/m1/s1. The fraction of sp³-hybridized carbons (Fsp3) is 1.00. The van der Waals surface area contributed by atoms with Crippen molar-refractivity contribution in [1.82, 2.24) is 0 Å². The van der Waals surface area contributed by atoms with E-state index in [-0.39, 0.29) is 0 Å². The summed E-state index contributed by atoms with van der Waals surface area (Å²) in [5, 5.41) is 66.1. The molecule has 2 heterocycles. The van der Waals surface area contributed by atoms with Crippen LogP contribution in [0.5, 0.6) is 0 Å². The minimum atomic E-state index is -2.12. The number of alkyl halides is 1. The molecule has 0 aliphatic carbocycles. The quantitative estimate of drug-likeness (QED) is 0.264. The van der Waals surface area contributed by atoms with Crippen LogP contribution in [0.4, 0.5) is 4.39 Å². The van der Waals surface area contributed by atoms with Crippen LogP contribution in [-0.2, 0) is 14.2 Å². The van der Waals surface area contributed by atoms with Gasteiger partial charge in [-0.3, -0.25) is 0 Å². The van der Waals surface area contributed by atoms with E-state index in [9.17, 15) is 35.0 Å². The van der Waals surface area contributed by atoms with Gasteiger partial charge in [0.1, 0.15) is 42.7 Å². The highest BCUT2D eigenvalue weighted by atomic mass is 19.1. The van der Waals surface area contributed by atoms with E-state index in [1.165, 1.54) is 0 Å². The van der Waals surface area contributed by atoms with E-state index < -0.39 is 74.7 Å². The summed E-state index contributed by atoms with van der Waals surface area (Å²) in [5.41, 5.74) is 0. The topological polar surface area (TPSA) is 169 Å². The molecule has 23 heavy (non-hydrogen) atoms. The van der Waals surface area contributed by atoms with Crippen molar-refractivity contribution in [2.45, 2.75) is 61.5 Å². The van der Waals surface area contributed by atoms with E-state index in [1.807, 2.05) is 0 Å². The van der Waals surface area contributed by atoms with Crippen molar-refractivity contribution >= 4 is 0 Å². The summed E-state index contributed by atoms with van der Waals surface area (Å²) in [6, 6.07) is 0. The molecular weight excluding hydrogens is 323 g/mol. The van der Waals surface area contributed by atoms with Gasteiger partial charge < -0.3 is 50.0 Å². The largest absolute Gasteiger partial charge is 0.394 e. The molecule has 2 rings (SSSR count). The van der Waals surface area contributed by atoms with Crippen molar-refractivity contribution in [3.63, 3.8) is 0 Å². The first-order valence-electron chi connectivity index (χ1n) is 7.03. The number of ether oxygens (including phenoxy) is 3. The lowest BCUT2D eigenvalue weighted by atomic mass is 9.99. The third kappa shape index (κ3) is 3.79. The molecule has 11 heteroatoms. The SMILES string of the molecule is OC[C@H]1O[C@@H](OC[C@H]2O[C@@H](O)[C@H](O)[C@@H](O)[C@H]2O)[C@H](O)[C@@H](F)[C@H]1O. The smallest absolute Gasteiger partial charge is 0.187 e. The summed E-state index contributed by atoms with van der Waals surface area (Å²) in [6.07, 6.45) is -16.6. The second-order valence-electron chi connectivity index (χ2n) is 5.52. The fourth-order valence-corrected chi connectivity index (χ4v) is 2.44. The molecule has 10 nitrogen and oxygen atoms in total. The molecule has 2 fully saturated rings. The molecule has 0 amide bonds. The van der Waals surface area contributed by atoms with Crippen LogP contribution in [-0.4, -0.2) is 110 Å². The Bertz CT molecular complexity index is 385. The van der Waals surface area contributed by atoms with Gasteiger partial charge in [0.15, 0.2) is 18.8 Å². The molecule has 0 aromatic carbocycles. The second kappa shape index (κ2) is 7.61. The van der Waals surface area contributed by atoms with Crippen molar-refractivity contribution in [3.8, 4) is 0 Å². The summed E-state index contributed by atoms with van der Waals surface area (Å²) in [5.74, 6) is 0. The van der Waals surface area contributed by atoms with Crippen LogP contribution in [0.1, 0.15) is 0 Å². The second-order valence-corrected chi connectivity index (χ2v) is 5.52. The number of rotatable bonds is 4. The van der Waals surface area contributed by atoms with Gasteiger partial charge in [0.25, 0.3) is 0 Å². The Morgan fingerprint density at radius 3 is 2.04 bits per heavy atom. The van der Waals surface area contributed by atoms with Crippen LogP contribution in [0.25, 0.3) is 0 Å². The summed E-state index contributed by atoms with van der Waals surface area (Å²) < 4.78 is 28.6. The molecule has 10 atom stereocenters. The fourth-order valence-electron chi connectivity index (χ4n) is 2.44. The van der Waals surface area contributed by atoms with E-state index in [1.54, 1.807) is 0 Å². The lowest BCUT2D eigenvalue weighted by Crippen LogP contribution is -2.60. The Morgan fingerprint density at radius 2 is 1.43 bits per heavy atom. The maximum atomic E-state index is 13.7. The Labute approximate surface area is 130 Å². The van der Waals surface area contributed by atoms with Crippen LogP contribution >= 0.6 is 0 Å². The number of hydrogen-bond acceptors (Lipinski definition) is 10. The Balaban J connectivity index is 1.94. The van der Waals surface area contributed by atoms with Crippen molar-refractivity contribution in [2.24, 2.45) is 0 Å². The van der Waals surface area contributed by atoms with Gasteiger partial charge in [-0.05, 0) is 0 Å². The number of aliphatic hydroxyl groups is 7. The van der Waals surface area contributed by atoms with Crippen molar-refractivity contribution < 1.29 is 54.3 Å². The maximum Gasteiger partial charge on any atom is 0.187 e. The monoisotopic (exact) mass is 344 g/mol. The first kappa shape index (κ1) is 18.9. The van der Waals surface area contributed by atoms with Crippen molar-refractivity contribution in [2.75, 3.05) is 13.2 Å². The number of halogens is 1. The first-order valence-corrected chi connectivity index (χ1v) is 7.03. The van der Waals surface area contributed by atoms with Gasteiger partial charge in [0, 0.05) is 0 Å². The minimum absolute atomic E-state index is 0.523. The van der Waals surface area contributed by atoms with Gasteiger partial charge in [0.2, 0.25) is 0 Å². The van der Waals surface area contributed by atoms with E-state index in [0.717, 1.165) is 0 Å². The van der Waals surface area contributed by atoms with Crippen molar-refractivity contribution in [3.05, 3.63) is 0 Å². The lowest BCUT2D eigenvalue weighted by molar-refractivity contribution is -0.321. The van der Waals surface area contributed by atoms with Gasteiger partial charge in [-0.2, -0.15) is 0 Å². The number of hydrogen-bond donors (Lipinski definition) is 7. The average Bonchev–Trinajstić information content (AvgIpc) is 2.54. The summed E-state index contributed by atoms with van der Waals surface area (Å²) in [7, 11) is 0. The zero-order valence-electron chi connectivity index (χ0n) is 11.9. The van der Waals surface area contributed by atoms with Crippen LogP contribution in [0, 0.1) is 0 Å². The average molecular weight is 344 g/mol. The lowest BCUT2D eigenvalue weighted by Gasteiger charge is -2.41. The van der Waals surface area contributed by atoms with E-state index in [2.05, 4.69) is 0 Å². The molecule has 0 aromatic heterocycles. The molecule has 0 aromatic rings. The van der Waals surface area contributed by atoms with Gasteiger partial charge in [-0.1, -0.05) is 0 Å². The summed E-state index contributed by atoms with van der Waals surface area (Å²) in [6.45, 7) is -1.23. The zero-order valence-corrected chi connectivity index (χ0v) is 11.9. The summed E-state index contributed by atoms with van der Waals surface area (Å²) >= 11 is 0. The molecule has 136 valence electrons. The van der Waals surface area contributed by atoms with E-state index >= 15 is 0 Å². The maximum absolute atomic E-state index is 13.7. The Kier molecular flexibility index (Phi) is 6.24. The minimum Gasteiger partial charge on any atom is -0.394 e. The Morgan fingerprint density at radius 1 is 0.783 bits per heavy atom. The highest BCUT2D eigenvalue weighted by Crippen LogP contribution is 2.26. The van der Waals surface area contributed by atoms with Gasteiger partial charge >= 0.3 is 0 Å². The van der Waals surface area contributed by atoms with E-state index in [4.69, 9.17) is 19.3 Å². The van der Waals surface area contributed by atoms with Gasteiger partial charge in [0.05, 0.1) is 13.2 Å². The summed E-state index contributed by atoms with van der Waals surface area (Å²) in [4.78, 5) is 0. The molecule has 0 radical (unpaired) electrons. The van der Waals surface area contributed by atoms with Crippen LogP contribution in [0.3, 0.4) is 0 Å². The molecule has 0 saturated carbocycles. The van der Waals surface area contributed by atoms with Gasteiger partial charge in [-0.15, -0.1) is 0 Å². The highest BCUT2D eigenvalue weighted by Gasteiger charge is 2.47. The molecule has 0 unspecified atom stereocenters. The molecule has 0 spiro atoms. The molecule has 2 saturated heterocycles.